The quantitative estimate of drug-likeness (QED) is 0.882. The van der Waals surface area contributed by atoms with Gasteiger partial charge in [-0.15, -0.1) is 5.11 Å². The molecule has 6 nitrogen and oxygen atoms in total. The normalized spacial score (nSPS) is 23.2. The van der Waals surface area contributed by atoms with Crippen molar-refractivity contribution in [3.63, 3.8) is 0 Å². The van der Waals surface area contributed by atoms with Gasteiger partial charge in [0, 0.05) is 30.6 Å². The van der Waals surface area contributed by atoms with Gasteiger partial charge < -0.3 is 10.6 Å². The molecule has 0 bridgehead atoms. The van der Waals surface area contributed by atoms with Crippen molar-refractivity contribution >= 4 is 11.8 Å². The zero-order valence-electron chi connectivity index (χ0n) is 14.1. The first-order valence-electron chi connectivity index (χ1n) is 8.98. The number of nitrogens with zero attached hydrogens (tertiary/aromatic N) is 2. The lowest BCUT2D eigenvalue weighted by molar-refractivity contribution is -0.115. The molecule has 0 spiro atoms. The van der Waals surface area contributed by atoms with E-state index in [1.165, 1.54) is 0 Å². The van der Waals surface area contributed by atoms with Crippen molar-refractivity contribution in [2.45, 2.75) is 44.2 Å². The third-order valence-corrected chi connectivity index (χ3v) is 5.19. The molecule has 130 valence electrons. The van der Waals surface area contributed by atoms with Gasteiger partial charge in [0.05, 0.1) is 12.1 Å². The second-order valence-electron chi connectivity index (χ2n) is 6.98. The van der Waals surface area contributed by atoms with Crippen LogP contribution in [0.5, 0.6) is 0 Å². The van der Waals surface area contributed by atoms with Gasteiger partial charge in [-0.05, 0) is 49.0 Å². The van der Waals surface area contributed by atoms with Crippen molar-refractivity contribution in [2.75, 3.05) is 13.1 Å². The fourth-order valence-corrected chi connectivity index (χ4v) is 3.68. The van der Waals surface area contributed by atoms with E-state index in [0.717, 1.165) is 55.5 Å². The number of carbonyl (C=O) groups is 2. The van der Waals surface area contributed by atoms with Crippen LogP contribution in [0.1, 0.15) is 41.6 Å². The van der Waals surface area contributed by atoms with Crippen LogP contribution >= 0.6 is 0 Å². The first-order chi connectivity index (χ1) is 12.2. The van der Waals surface area contributed by atoms with Crippen molar-refractivity contribution in [1.82, 2.24) is 10.6 Å². The highest BCUT2D eigenvalue weighted by Gasteiger charge is 2.29. The fraction of sp³-hybridized carbons (Fsp3) is 0.474. The summed E-state index contributed by atoms with van der Waals surface area (Å²) in [5.74, 6) is -0.195. The zero-order chi connectivity index (χ0) is 17.2. The highest BCUT2D eigenvalue weighted by molar-refractivity contribution is 5.96. The maximum atomic E-state index is 12.3. The lowest BCUT2D eigenvalue weighted by Gasteiger charge is -2.28. The predicted octanol–water partition coefficient (Wildman–Crippen LogP) is 2.16. The molecule has 1 saturated heterocycles. The minimum atomic E-state index is -0.159. The summed E-state index contributed by atoms with van der Waals surface area (Å²) in [7, 11) is 0. The van der Waals surface area contributed by atoms with Gasteiger partial charge in [-0.1, -0.05) is 12.1 Å². The molecule has 1 fully saturated rings. The van der Waals surface area contributed by atoms with E-state index in [2.05, 4.69) is 20.9 Å². The molecule has 2 heterocycles. The molecule has 0 saturated carbocycles. The van der Waals surface area contributed by atoms with Crippen LogP contribution in [-0.4, -0.2) is 37.0 Å². The van der Waals surface area contributed by atoms with Gasteiger partial charge in [-0.3, -0.25) is 9.59 Å². The SMILES string of the molecule is O=C1N=NC(Cc2cccc(C(=O)NC3CNC3)c2)C2=C1CCCC2. The van der Waals surface area contributed by atoms with Gasteiger partial charge in [0.15, 0.2) is 0 Å². The maximum Gasteiger partial charge on any atom is 0.291 e. The molecule has 0 radical (unpaired) electrons. The summed E-state index contributed by atoms with van der Waals surface area (Å²) in [5, 5.41) is 14.3. The first kappa shape index (κ1) is 16.1. The molecule has 1 aromatic carbocycles. The average Bonchev–Trinajstić information content (AvgIpc) is 2.61. The summed E-state index contributed by atoms with van der Waals surface area (Å²) in [6.45, 7) is 1.66. The first-order valence-corrected chi connectivity index (χ1v) is 8.98. The van der Waals surface area contributed by atoms with E-state index in [-0.39, 0.29) is 23.9 Å². The average molecular weight is 338 g/mol. The van der Waals surface area contributed by atoms with Gasteiger partial charge in [0.1, 0.15) is 0 Å². The summed E-state index contributed by atoms with van der Waals surface area (Å²) in [4.78, 5) is 24.3. The highest BCUT2D eigenvalue weighted by Crippen LogP contribution is 2.33. The van der Waals surface area contributed by atoms with Crippen molar-refractivity contribution in [3.05, 3.63) is 46.5 Å². The Morgan fingerprint density at radius 2 is 2.08 bits per heavy atom. The third kappa shape index (κ3) is 3.39. The van der Waals surface area contributed by atoms with Crippen molar-refractivity contribution in [2.24, 2.45) is 10.2 Å². The van der Waals surface area contributed by atoms with E-state index >= 15 is 0 Å². The van der Waals surface area contributed by atoms with Gasteiger partial charge in [-0.25, -0.2) is 0 Å². The molecule has 1 aliphatic carbocycles. The van der Waals surface area contributed by atoms with Crippen molar-refractivity contribution in [1.29, 1.82) is 0 Å². The van der Waals surface area contributed by atoms with Crippen molar-refractivity contribution < 1.29 is 9.59 Å². The predicted molar refractivity (Wildman–Crippen MR) is 93.4 cm³/mol. The number of amides is 2. The molecule has 1 atom stereocenters. The van der Waals surface area contributed by atoms with E-state index in [0.29, 0.717) is 12.0 Å². The zero-order valence-corrected chi connectivity index (χ0v) is 14.1. The molecule has 4 rings (SSSR count). The van der Waals surface area contributed by atoms with Crippen molar-refractivity contribution in [3.8, 4) is 0 Å². The molecule has 0 aromatic heterocycles. The smallest absolute Gasteiger partial charge is 0.291 e. The minimum Gasteiger partial charge on any atom is -0.347 e. The molecular weight excluding hydrogens is 316 g/mol. The summed E-state index contributed by atoms with van der Waals surface area (Å²) in [6.07, 6.45) is 4.59. The largest absolute Gasteiger partial charge is 0.347 e. The van der Waals surface area contributed by atoms with Crippen LogP contribution < -0.4 is 10.6 Å². The van der Waals surface area contributed by atoms with E-state index in [9.17, 15) is 9.59 Å². The Bertz CT molecular complexity index is 764. The number of rotatable bonds is 4. The Morgan fingerprint density at radius 3 is 2.88 bits per heavy atom. The van der Waals surface area contributed by atoms with E-state index < -0.39 is 0 Å². The Kier molecular flexibility index (Phi) is 4.44. The number of hydrogen-bond donors (Lipinski definition) is 2. The van der Waals surface area contributed by atoms with Crippen LogP contribution in [0.25, 0.3) is 0 Å². The van der Waals surface area contributed by atoms with Crippen LogP contribution in [0.2, 0.25) is 0 Å². The van der Waals surface area contributed by atoms with Crippen LogP contribution in [0, 0.1) is 0 Å². The Balaban J connectivity index is 1.49. The van der Waals surface area contributed by atoms with Gasteiger partial charge >= 0.3 is 0 Å². The summed E-state index contributed by atoms with van der Waals surface area (Å²) < 4.78 is 0. The number of hydrogen-bond acceptors (Lipinski definition) is 4. The topological polar surface area (TPSA) is 82.9 Å². The number of azo groups is 1. The lowest BCUT2D eigenvalue weighted by Crippen LogP contribution is -2.56. The molecule has 3 aliphatic rings. The minimum absolute atomic E-state index is 0.0358. The second-order valence-corrected chi connectivity index (χ2v) is 6.98. The molecule has 2 amide bonds. The molecule has 2 N–H and O–H groups in total. The van der Waals surface area contributed by atoms with Crippen LogP contribution in [0.15, 0.2) is 45.6 Å². The summed E-state index contributed by atoms with van der Waals surface area (Å²) >= 11 is 0. The van der Waals surface area contributed by atoms with Crippen LogP contribution in [0.4, 0.5) is 0 Å². The Morgan fingerprint density at radius 1 is 1.24 bits per heavy atom. The number of benzene rings is 1. The van der Waals surface area contributed by atoms with Crippen LogP contribution in [-0.2, 0) is 11.2 Å². The third-order valence-electron chi connectivity index (χ3n) is 5.19. The molecule has 25 heavy (non-hydrogen) atoms. The second kappa shape index (κ2) is 6.88. The van der Waals surface area contributed by atoms with E-state index in [1.54, 1.807) is 0 Å². The van der Waals surface area contributed by atoms with Gasteiger partial charge in [-0.2, -0.15) is 5.11 Å². The Hall–Kier alpha value is -2.34. The van der Waals surface area contributed by atoms with E-state index in [1.807, 2.05) is 24.3 Å². The van der Waals surface area contributed by atoms with Gasteiger partial charge in [0.2, 0.25) is 0 Å². The molecular formula is C19H22N4O2. The number of carbonyl (C=O) groups excluding carboxylic acids is 2. The lowest BCUT2D eigenvalue weighted by atomic mass is 9.84. The molecule has 1 aromatic rings. The maximum absolute atomic E-state index is 12.3. The summed E-state index contributed by atoms with van der Waals surface area (Å²) in [6, 6.07) is 7.84. The Labute approximate surface area is 146 Å². The highest BCUT2D eigenvalue weighted by atomic mass is 16.2. The van der Waals surface area contributed by atoms with Gasteiger partial charge in [0.25, 0.3) is 11.8 Å². The standard InChI is InChI=1S/C19H22N4O2/c24-18(21-14-10-20-11-14)13-5-3-4-12(8-13)9-17-15-6-1-2-7-16(15)19(25)23-22-17/h3-5,8,14,17,20H,1-2,6-7,9-11H2,(H,21,24). The number of nitrogens with one attached hydrogen (secondary N) is 2. The summed E-state index contributed by atoms with van der Waals surface area (Å²) in [5.41, 5.74) is 3.75. The molecule has 6 heteroatoms. The van der Waals surface area contributed by atoms with Crippen LogP contribution in [0.3, 0.4) is 0 Å². The molecule has 2 aliphatic heterocycles. The fourth-order valence-electron chi connectivity index (χ4n) is 3.68. The van der Waals surface area contributed by atoms with E-state index in [4.69, 9.17) is 0 Å². The monoisotopic (exact) mass is 338 g/mol. The molecule has 1 unspecified atom stereocenters.